The normalized spacial score (nSPS) is 17.4. The maximum Gasteiger partial charge on any atom is 0.145 e. The molecule has 2 aromatic rings. The van der Waals surface area contributed by atoms with Gasteiger partial charge in [0.15, 0.2) is 0 Å². The third kappa shape index (κ3) is 7.71. The van der Waals surface area contributed by atoms with Gasteiger partial charge < -0.3 is 14.7 Å². The van der Waals surface area contributed by atoms with Crippen LogP contribution in [0, 0.1) is 5.82 Å². The molecule has 2 aromatic carbocycles. The number of aliphatic hydroxyl groups excluding tert-OH is 1. The average Bonchev–Trinajstić information content (AvgIpc) is 3.16. The lowest BCUT2D eigenvalue weighted by molar-refractivity contribution is -0.0600. The molecule has 0 fully saturated rings. The summed E-state index contributed by atoms with van der Waals surface area (Å²) in [6.07, 6.45) is -0.310. The Labute approximate surface area is 198 Å². The van der Waals surface area contributed by atoms with Gasteiger partial charge >= 0.3 is 0 Å². The molecular weight excluding hydrogens is 454 g/mol. The molecule has 0 saturated carbocycles. The van der Waals surface area contributed by atoms with Gasteiger partial charge in [-0.2, -0.15) is 0 Å². The van der Waals surface area contributed by atoms with Crippen LogP contribution in [0.3, 0.4) is 0 Å². The van der Waals surface area contributed by atoms with Crippen molar-refractivity contribution in [2.75, 3.05) is 19.7 Å². The van der Waals surface area contributed by atoms with Crippen LogP contribution in [0.4, 0.5) is 4.39 Å². The monoisotopic (exact) mass is 482 g/mol. The molecule has 5 nitrogen and oxygen atoms in total. The highest BCUT2D eigenvalue weighted by molar-refractivity contribution is 6.42. The van der Waals surface area contributed by atoms with Gasteiger partial charge in [-0.25, -0.2) is 4.39 Å². The van der Waals surface area contributed by atoms with E-state index in [0.717, 1.165) is 16.8 Å². The van der Waals surface area contributed by atoms with Crippen LogP contribution in [0.5, 0.6) is 0 Å². The van der Waals surface area contributed by atoms with Crippen LogP contribution >= 0.6 is 23.2 Å². The minimum absolute atomic E-state index is 0.205. The van der Waals surface area contributed by atoms with E-state index in [4.69, 9.17) is 32.8 Å². The van der Waals surface area contributed by atoms with Gasteiger partial charge in [-0.15, -0.1) is 0 Å². The number of nitrogens with zero attached hydrogens (tertiary/aromatic N) is 2. The van der Waals surface area contributed by atoms with Gasteiger partial charge in [-0.3, -0.25) is 4.90 Å². The molecule has 0 radical (unpaired) electrons. The van der Waals surface area contributed by atoms with E-state index < -0.39 is 6.10 Å². The van der Waals surface area contributed by atoms with Crippen molar-refractivity contribution < 1.29 is 19.1 Å². The fourth-order valence-corrected chi connectivity index (χ4v) is 3.75. The molecule has 0 aromatic heterocycles. The second-order valence-corrected chi connectivity index (χ2v) is 9.81. The van der Waals surface area contributed by atoms with Crippen LogP contribution in [0.2, 0.25) is 10.0 Å². The quantitative estimate of drug-likeness (QED) is 0.526. The fraction of sp³-hybridized carbons (Fsp3) is 0.458. The highest BCUT2D eigenvalue weighted by Gasteiger charge is 2.26. The number of ether oxygens (including phenoxy) is 1. The Morgan fingerprint density at radius 3 is 2.69 bits per heavy atom. The molecule has 0 bridgehead atoms. The Kier molecular flexibility index (Phi) is 8.53. The topological polar surface area (TPSA) is 54.3 Å². The Morgan fingerprint density at radius 1 is 1.22 bits per heavy atom. The molecule has 0 saturated heterocycles. The number of hydrogen-bond donors (Lipinski definition) is 1. The van der Waals surface area contributed by atoms with Gasteiger partial charge in [0.1, 0.15) is 11.9 Å². The van der Waals surface area contributed by atoms with Crippen molar-refractivity contribution in [3.63, 3.8) is 0 Å². The second-order valence-electron chi connectivity index (χ2n) is 9.00. The minimum Gasteiger partial charge on any atom is -0.390 e. The van der Waals surface area contributed by atoms with Gasteiger partial charge in [0, 0.05) is 31.6 Å². The van der Waals surface area contributed by atoms with Crippen LogP contribution in [0.15, 0.2) is 47.6 Å². The number of rotatable bonds is 9. The third-order valence-electron chi connectivity index (χ3n) is 4.92. The zero-order valence-electron chi connectivity index (χ0n) is 18.5. The van der Waals surface area contributed by atoms with E-state index in [1.54, 1.807) is 18.2 Å². The molecule has 0 spiro atoms. The number of aliphatic hydroxyl groups is 1. The van der Waals surface area contributed by atoms with Crippen LogP contribution in [-0.2, 0) is 16.1 Å². The summed E-state index contributed by atoms with van der Waals surface area (Å²) in [5.41, 5.74) is 2.12. The molecule has 1 aliphatic heterocycles. The molecule has 1 N–H and O–H groups in total. The number of halogens is 3. The van der Waals surface area contributed by atoms with Crippen LogP contribution in [0.1, 0.15) is 38.3 Å². The summed E-state index contributed by atoms with van der Waals surface area (Å²) in [5.74, 6) is -0.290. The summed E-state index contributed by atoms with van der Waals surface area (Å²) < 4.78 is 19.4. The first-order valence-corrected chi connectivity index (χ1v) is 11.3. The number of hydrogen-bond acceptors (Lipinski definition) is 5. The lowest BCUT2D eigenvalue weighted by atomic mass is 10.0. The van der Waals surface area contributed by atoms with E-state index >= 15 is 0 Å². The van der Waals surface area contributed by atoms with Crippen LogP contribution in [0.25, 0.3) is 0 Å². The van der Waals surface area contributed by atoms with Crippen molar-refractivity contribution in [1.82, 2.24) is 4.90 Å². The Hall–Kier alpha value is -1.70. The van der Waals surface area contributed by atoms with Crippen molar-refractivity contribution in [3.05, 3.63) is 69.5 Å². The summed E-state index contributed by atoms with van der Waals surface area (Å²) in [4.78, 5) is 7.69. The smallest absolute Gasteiger partial charge is 0.145 e. The van der Waals surface area contributed by atoms with Crippen molar-refractivity contribution in [2.45, 2.75) is 51.5 Å². The highest BCUT2D eigenvalue weighted by Crippen LogP contribution is 2.26. The van der Waals surface area contributed by atoms with Gasteiger partial charge in [0.05, 0.1) is 34.1 Å². The predicted molar refractivity (Wildman–Crippen MR) is 126 cm³/mol. The maximum absolute atomic E-state index is 13.7. The maximum atomic E-state index is 13.7. The summed E-state index contributed by atoms with van der Waals surface area (Å²) in [6, 6.07) is 11.8. The lowest BCUT2D eigenvalue weighted by Gasteiger charge is -2.28. The van der Waals surface area contributed by atoms with E-state index in [1.807, 2.05) is 37.8 Å². The molecular formula is C24H29Cl2FN2O3. The van der Waals surface area contributed by atoms with E-state index in [1.165, 1.54) is 12.1 Å². The zero-order valence-corrected chi connectivity index (χ0v) is 20.0. The number of benzene rings is 2. The molecule has 0 aliphatic carbocycles. The first-order valence-electron chi connectivity index (χ1n) is 10.6. The van der Waals surface area contributed by atoms with E-state index in [-0.39, 0.29) is 24.1 Å². The highest BCUT2D eigenvalue weighted by atomic mass is 35.5. The van der Waals surface area contributed by atoms with Crippen molar-refractivity contribution in [1.29, 1.82) is 0 Å². The summed E-state index contributed by atoms with van der Waals surface area (Å²) in [5, 5.41) is 15.7. The average molecular weight is 483 g/mol. The zero-order chi connectivity index (χ0) is 23.3. The fourth-order valence-electron chi connectivity index (χ4n) is 3.45. The molecule has 3 rings (SSSR count). The van der Waals surface area contributed by atoms with Gasteiger partial charge in [0.2, 0.25) is 0 Å². The summed E-state index contributed by atoms with van der Waals surface area (Å²) in [6.45, 7) is 7.37. The molecule has 0 amide bonds. The van der Waals surface area contributed by atoms with E-state index in [0.29, 0.717) is 36.1 Å². The summed E-state index contributed by atoms with van der Waals surface area (Å²) >= 11 is 12.1. The SMILES string of the molecule is CC(C)(C)OCC(O)CN(Cc1cccc(F)c1)CC1CC(c2ccc(Cl)c(Cl)c2)=NO1. The molecule has 32 heavy (non-hydrogen) atoms. The predicted octanol–water partition coefficient (Wildman–Crippen LogP) is 5.30. The molecule has 2 atom stereocenters. The van der Waals surface area contributed by atoms with E-state index in [2.05, 4.69) is 5.16 Å². The third-order valence-corrected chi connectivity index (χ3v) is 5.66. The summed E-state index contributed by atoms with van der Waals surface area (Å²) in [7, 11) is 0. The molecule has 174 valence electrons. The molecule has 8 heteroatoms. The van der Waals surface area contributed by atoms with Crippen molar-refractivity contribution >= 4 is 28.9 Å². The largest absolute Gasteiger partial charge is 0.390 e. The Morgan fingerprint density at radius 2 is 2.00 bits per heavy atom. The lowest BCUT2D eigenvalue weighted by Crippen LogP contribution is -2.40. The van der Waals surface area contributed by atoms with Crippen molar-refractivity contribution in [3.8, 4) is 0 Å². The first kappa shape index (κ1) is 24.9. The van der Waals surface area contributed by atoms with Gasteiger partial charge in [-0.1, -0.05) is 46.6 Å². The van der Waals surface area contributed by atoms with Crippen LogP contribution in [-0.4, -0.2) is 53.2 Å². The molecule has 1 heterocycles. The second kappa shape index (κ2) is 10.9. The standard InChI is InChI=1S/C24H29Cl2FN2O3/c1-24(2,3)31-15-19(30)13-29(12-16-5-4-6-18(27)9-16)14-20-11-23(28-32-20)17-7-8-21(25)22(26)10-17/h4-10,19-20,30H,11-15H2,1-3H3. The van der Waals surface area contributed by atoms with Crippen molar-refractivity contribution in [2.24, 2.45) is 5.16 Å². The Balaban J connectivity index is 1.64. The van der Waals surface area contributed by atoms with Gasteiger partial charge in [-0.05, 0) is 50.6 Å². The minimum atomic E-state index is -0.695. The van der Waals surface area contributed by atoms with E-state index in [9.17, 15) is 9.50 Å². The first-order chi connectivity index (χ1) is 15.1. The van der Waals surface area contributed by atoms with Gasteiger partial charge in [0.25, 0.3) is 0 Å². The molecule has 1 aliphatic rings. The Bertz CT molecular complexity index is 949. The molecule has 2 unspecified atom stereocenters. The van der Waals surface area contributed by atoms with Crippen LogP contribution < -0.4 is 0 Å². The number of oxime groups is 1.